The van der Waals surface area contributed by atoms with Crippen molar-refractivity contribution in [1.29, 1.82) is 0 Å². The summed E-state index contributed by atoms with van der Waals surface area (Å²) in [6.07, 6.45) is 18.3. The van der Waals surface area contributed by atoms with E-state index in [9.17, 15) is 14.4 Å². The number of benzene rings is 1. The Morgan fingerprint density at radius 2 is 1.52 bits per heavy atom. The van der Waals surface area contributed by atoms with Crippen LogP contribution in [0.1, 0.15) is 151 Å². The van der Waals surface area contributed by atoms with Gasteiger partial charge in [-0.05, 0) is 132 Å². The Bertz CT molecular complexity index is 2410. The lowest BCUT2D eigenvalue weighted by atomic mass is 9.89. The molecule has 1 saturated carbocycles. The number of nitrogens with one attached hydrogen (secondary N) is 2. The first kappa shape index (κ1) is 43.5. The smallest absolute Gasteiger partial charge is 0.249 e. The van der Waals surface area contributed by atoms with Crippen molar-refractivity contribution in [3.05, 3.63) is 65.8 Å². The molecule has 15 nitrogen and oxygen atoms in total. The van der Waals surface area contributed by atoms with E-state index >= 15 is 0 Å². The number of aromatic nitrogens is 6. The van der Waals surface area contributed by atoms with Crippen molar-refractivity contribution in [1.82, 2.24) is 45.0 Å². The van der Waals surface area contributed by atoms with Crippen molar-refractivity contribution < 1.29 is 18.9 Å². The third kappa shape index (κ3) is 9.84. The average Bonchev–Trinajstić information content (AvgIpc) is 3.94. The fourth-order valence-corrected chi connectivity index (χ4v) is 9.96. The summed E-state index contributed by atoms with van der Waals surface area (Å²) in [6.45, 7) is 9.12. The van der Waals surface area contributed by atoms with E-state index in [4.69, 9.17) is 20.3 Å². The Morgan fingerprint density at radius 1 is 0.812 bits per heavy atom. The highest BCUT2D eigenvalue weighted by molar-refractivity contribution is 6.02. The van der Waals surface area contributed by atoms with Crippen LogP contribution < -0.4 is 16.4 Å². The molecule has 1 aromatic carbocycles. The number of carbonyl (C=O) groups is 3. The molecule has 15 heteroatoms. The molecule has 4 N–H and O–H groups in total. The van der Waals surface area contributed by atoms with Gasteiger partial charge in [0.05, 0.1) is 16.6 Å². The fourth-order valence-electron chi connectivity index (χ4n) is 9.96. The summed E-state index contributed by atoms with van der Waals surface area (Å²) in [4.78, 5) is 55.2. The lowest BCUT2D eigenvalue weighted by molar-refractivity contribution is -0.134. The molecule has 0 bridgehead atoms. The largest absolute Gasteiger partial charge is 0.383 e. The number of hydrogen-bond donors (Lipinski definition) is 3. The van der Waals surface area contributed by atoms with Gasteiger partial charge in [-0.3, -0.25) is 24.7 Å². The van der Waals surface area contributed by atoms with Crippen LogP contribution in [0.25, 0.3) is 33.7 Å². The molecule has 3 amide bonds. The van der Waals surface area contributed by atoms with Crippen molar-refractivity contribution in [2.24, 2.45) is 0 Å². The Labute approximate surface area is 375 Å². The number of nitrogens with two attached hydrogens (primary N) is 1. The van der Waals surface area contributed by atoms with Gasteiger partial charge in [0.15, 0.2) is 5.65 Å². The molecule has 3 saturated heterocycles. The van der Waals surface area contributed by atoms with E-state index in [2.05, 4.69) is 85.8 Å². The fraction of sp³-hybridized carbons (Fsp3) is 0.551. The highest BCUT2D eigenvalue weighted by Gasteiger charge is 2.36. The quantitative estimate of drug-likeness (QED) is 0.0602. The summed E-state index contributed by atoms with van der Waals surface area (Å²) in [5, 5.41) is 15.8. The molecule has 64 heavy (non-hydrogen) atoms. The standard InChI is InChI=1S/C49H63N11O4/c1-31(2)60-48-43(47(50)52-30-53-48)44(56-60)45-42(46(64-57-45)35-10-11-35)38-17-14-36(29-51-38)34-22-27-59(28-23-34)41(62)9-7-5-3-4-6-8-24-58-25-20-33(21-26-58)32-12-15-37(16-13-32)54-39-18-19-40(61)55-49(39)63/h12-17,29-31,33-35,39,54H,3-11,18-28H2,1-2H3,(H2,50,52,53)(H,55,61,63). The van der Waals surface area contributed by atoms with Crippen LogP contribution in [0.15, 0.2) is 53.4 Å². The molecule has 9 rings (SSSR count). The third-order valence-electron chi connectivity index (χ3n) is 13.9. The van der Waals surface area contributed by atoms with Gasteiger partial charge in [-0.15, -0.1) is 0 Å². The van der Waals surface area contributed by atoms with Crippen molar-refractivity contribution in [2.45, 2.75) is 140 Å². The zero-order valence-corrected chi connectivity index (χ0v) is 37.4. The molecule has 4 aliphatic rings. The van der Waals surface area contributed by atoms with Crippen LogP contribution in [0.2, 0.25) is 0 Å². The zero-order chi connectivity index (χ0) is 44.2. The third-order valence-corrected chi connectivity index (χ3v) is 13.9. The van der Waals surface area contributed by atoms with E-state index in [1.807, 2.05) is 10.9 Å². The van der Waals surface area contributed by atoms with Gasteiger partial charge in [0.25, 0.3) is 0 Å². The monoisotopic (exact) mass is 870 g/mol. The van der Waals surface area contributed by atoms with Crippen LogP contribution >= 0.6 is 0 Å². The second-order valence-corrected chi connectivity index (χ2v) is 18.8. The van der Waals surface area contributed by atoms with Gasteiger partial charge >= 0.3 is 0 Å². The summed E-state index contributed by atoms with van der Waals surface area (Å²) in [7, 11) is 0. The molecule has 4 fully saturated rings. The van der Waals surface area contributed by atoms with Crippen molar-refractivity contribution in [3.8, 4) is 22.6 Å². The maximum atomic E-state index is 13.2. The Balaban J connectivity index is 0.665. The number of nitrogen functional groups attached to an aromatic ring is 1. The Morgan fingerprint density at radius 3 is 2.22 bits per heavy atom. The molecular formula is C49H63N11O4. The number of unbranched alkanes of at least 4 members (excludes halogenated alkanes) is 5. The number of hydrogen-bond acceptors (Lipinski definition) is 12. The predicted molar refractivity (Wildman–Crippen MR) is 246 cm³/mol. The molecule has 7 heterocycles. The maximum absolute atomic E-state index is 13.2. The Hall–Kier alpha value is -5.70. The van der Waals surface area contributed by atoms with Crippen LogP contribution in [0.5, 0.6) is 0 Å². The molecule has 5 aromatic rings. The number of piperidine rings is 3. The first-order chi connectivity index (χ1) is 31.2. The van der Waals surface area contributed by atoms with Crippen LogP contribution in [0, 0.1) is 0 Å². The first-order valence-electron chi connectivity index (χ1n) is 23.9. The molecule has 338 valence electrons. The van der Waals surface area contributed by atoms with Gasteiger partial charge in [0, 0.05) is 49.8 Å². The maximum Gasteiger partial charge on any atom is 0.249 e. The van der Waals surface area contributed by atoms with E-state index in [-0.39, 0.29) is 23.9 Å². The lowest BCUT2D eigenvalue weighted by Gasteiger charge is -2.32. The van der Waals surface area contributed by atoms with Crippen molar-refractivity contribution in [3.63, 3.8) is 0 Å². The number of amides is 3. The number of anilines is 2. The SMILES string of the molecule is CC(C)n1nc(-c2noc(C3CC3)c2-c2ccc(C3CCN(C(=O)CCCCCCCCN4CCC(c5ccc(NC6CCC(=O)NC6=O)cc5)CC4)CC3)cn2)c2c(N)ncnc21. The normalized spacial score (nSPS) is 19.2. The highest BCUT2D eigenvalue weighted by Crippen LogP contribution is 2.48. The summed E-state index contributed by atoms with van der Waals surface area (Å²) < 4.78 is 7.87. The molecule has 3 aliphatic heterocycles. The molecule has 1 atom stereocenters. The van der Waals surface area contributed by atoms with Gasteiger partial charge < -0.3 is 25.4 Å². The average molecular weight is 870 g/mol. The first-order valence-corrected chi connectivity index (χ1v) is 23.9. The van der Waals surface area contributed by atoms with Crippen LogP contribution in [-0.4, -0.2) is 96.2 Å². The number of nitrogens with zero attached hydrogens (tertiary/aromatic N) is 8. The van der Waals surface area contributed by atoms with Crippen LogP contribution in [0.4, 0.5) is 11.5 Å². The summed E-state index contributed by atoms with van der Waals surface area (Å²) in [6, 6.07) is 12.5. The number of fused-ring (bicyclic) bond motifs is 1. The lowest BCUT2D eigenvalue weighted by Crippen LogP contribution is -2.47. The minimum Gasteiger partial charge on any atom is -0.383 e. The highest BCUT2D eigenvalue weighted by atomic mass is 16.5. The Kier molecular flexibility index (Phi) is 13.3. The molecule has 0 spiro atoms. The van der Waals surface area contributed by atoms with E-state index in [1.165, 1.54) is 56.0 Å². The van der Waals surface area contributed by atoms with Crippen molar-refractivity contribution >= 4 is 40.3 Å². The number of likely N-dealkylation sites (tertiary alicyclic amines) is 2. The summed E-state index contributed by atoms with van der Waals surface area (Å²) in [5.74, 6) is 2.31. The summed E-state index contributed by atoms with van der Waals surface area (Å²) >= 11 is 0. The number of pyridine rings is 1. The summed E-state index contributed by atoms with van der Waals surface area (Å²) in [5.41, 5.74) is 13.4. The second kappa shape index (κ2) is 19.6. The topological polar surface area (TPSA) is 190 Å². The van der Waals surface area contributed by atoms with Gasteiger partial charge in [0.1, 0.15) is 35.3 Å². The van der Waals surface area contributed by atoms with Crippen LogP contribution in [-0.2, 0) is 14.4 Å². The number of imide groups is 1. The molecule has 0 radical (unpaired) electrons. The molecule has 1 aliphatic carbocycles. The molecule has 4 aromatic heterocycles. The minimum atomic E-state index is -0.356. The second-order valence-electron chi connectivity index (χ2n) is 18.8. The van der Waals surface area contributed by atoms with E-state index in [1.54, 1.807) is 0 Å². The van der Waals surface area contributed by atoms with E-state index in [0.29, 0.717) is 71.2 Å². The predicted octanol–water partition coefficient (Wildman–Crippen LogP) is 8.12. The zero-order valence-electron chi connectivity index (χ0n) is 37.4. The minimum absolute atomic E-state index is 0.0652. The number of carbonyl (C=O) groups excluding carboxylic acids is 3. The van der Waals surface area contributed by atoms with Gasteiger partial charge in [-0.2, -0.15) is 5.10 Å². The molecular weight excluding hydrogens is 807 g/mol. The van der Waals surface area contributed by atoms with Gasteiger partial charge in [-0.1, -0.05) is 49.0 Å². The van der Waals surface area contributed by atoms with E-state index < -0.39 is 0 Å². The van der Waals surface area contributed by atoms with Gasteiger partial charge in [-0.25, -0.2) is 14.6 Å². The van der Waals surface area contributed by atoms with E-state index in [0.717, 1.165) is 94.0 Å². The van der Waals surface area contributed by atoms with Crippen molar-refractivity contribution in [2.75, 3.05) is 43.8 Å². The molecule has 1 unspecified atom stereocenters. The van der Waals surface area contributed by atoms with Crippen LogP contribution in [0.3, 0.4) is 0 Å². The van der Waals surface area contributed by atoms with Gasteiger partial charge in [0.2, 0.25) is 17.7 Å². The number of rotatable bonds is 17.